The lowest BCUT2D eigenvalue weighted by Crippen LogP contribution is -2.30. The molecule has 0 spiro atoms. The number of carboxylic acids is 1. The van der Waals surface area contributed by atoms with Gasteiger partial charge in [-0.1, -0.05) is 6.92 Å². The second-order valence-electron chi connectivity index (χ2n) is 5.60. The summed E-state index contributed by atoms with van der Waals surface area (Å²) in [7, 11) is 0. The van der Waals surface area contributed by atoms with Crippen molar-refractivity contribution in [2.24, 2.45) is 5.41 Å². The van der Waals surface area contributed by atoms with Crippen LogP contribution in [0.1, 0.15) is 32.4 Å². The van der Waals surface area contributed by atoms with Gasteiger partial charge in [0.1, 0.15) is 24.7 Å². The van der Waals surface area contributed by atoms with Crippen molar-refractivity contribution in [3.8, 4) is 11.5 Å². The zero-order valence-corrected chi connectivity index (χ0v) is 12.1. The Morgan fingerprint density at radius 3 is 2.95 bits per heavy atom. The van der Waals surface area contributed by atoms with E-state index in [2.05, 4.69) is 12.2 Å². The molecule has 2 N–H and O–H groups in total. The third-order valence-corrected chi connectivity index (χ3v) is 3.40. The average molecular weight is 279 g/mol. The van der Waals surface area contributed by atoms with Gasteiger partial charge in [-0.3, -0.25) is 4.79 Å². The second kappa shape index (κ2) is 5.71. The minimum Gasteiger partial charge on any atom is -0.492 e. The molecule has 1 aromatic carbocycles. The van der Waals surface area contributed by atoms with Crippen LogP contribution in [0.4, 0.5) is 0 Å². The lowest BCUT2D eigenvalue weighted by molar-refractivity contribution is -0.148. The van der Waals surface area contributed by atoms with Crippen molar-refractivity contribution in [3.63, 3.8) is 0 Å². The summed E-state index contributed by atoms with van der Waals surface area (Å²) < 4.78 is 11.2. The van der Waals surface area contributed by atoms with Crippen molar-refractivity contribution in [2.45, 2.75) is 26.8 Å². The molecule has 5 heteroatoms. The first-order valence-electron chi connectivity index (χ1n) is 6.80. The predicted molar refractivity (Wildman–Crippen MR) is 75.3 cm³/mol. The summed E-state index contributed by atoms with van der Waals surface area (Å²) in [5, 5.41) is 12.4. The van der Waals surface area contributed by atoms with Crippen molar-refractivity contribution in [1.29, 1.82) is 0 Å². The van der Waals surface area contributed by atoms with Gasteiger partial charge in [0.05, 0.1) is 11.5 Å². The minimum absolute atomic E-state index is 0.123. The van der Waals surface area contributed by atoms with E-state index in [4.69, 9.17) is 14.6 Å². The van der Waals surface area contributed by atoms with Gasteiger partial charge in [-0.15, -0.1) is 0 Å². The Hall–Kier alpha value is -1.75. The summed E-state index contributed by atoms with van der Waals surface area (Å²) in [6.07, 6.45) is 0. The summed E-state index contributed by atoms with van der Waals surface area (Å²) in [5.41, 5.74) is 0.211. The van der Waals surface area contributed by atoms with Gasteiger partial charge in [-0.2, -0.15) is 0 Å². The number of rotatable bonds is 6. The molecule has 1 unspecified atom stereocenters. The van der Waals surface area contributed by atoms with E-state index in [1.807, 2.05) is 18.2 Å². The molecular weight excluding hydrogens is 258 g/mol. The van der Waals surface area contributed by atoms with Crippen molar-refractivity contribution in [1.82, 2.24) is 5.32 Å². The molecule has 0 saturated heterocycles. The fraction of sp³-hybridized carbons (Fsp3) is 0.533. The normalized spacial score (nSPS) is 17.4. The molecule has 0 aliphatic carbocycles. The van der Waals surface area contributed by atoms with Crippen LogP contribution in [-0.2, 0) is 4.79 Å². The number of carboxylic acid groups (broad SMARTS) is 1. The predicted octanol–water partition coefficient (Wildman–Crippen LogP) is 2.22. The first-order chi connectivity index (χ1) is 9.44. The highest BCUT2D eigenvalue weighted by molar-refractivity contribution is 5.73. The Labute approximate surface area is 118 Å². The summed E-state index contributed by atoms with van der Waals surface area (Å²) in [4.78, 5) is 11.0. The van der Waals surface area contributed by atoms with E-state index in [0.717, 1.165) is 17.9 Å². The number of carbonyl (C=O) groups is 1. The van der Waals surface area contributed by atoms with Crippen molar-refractivity contribution >= 4 is 5.97 Å². The molecule has 1 aliphatic heterocycles. The van der Waals surface area contributed by atoms with Gasteiger partial charge >= 0.3 is 5.97 Å². The van der Waals surface area contributed by atoms with E-state index in [1.165, 1.54) is 0 Å². The van der Waals surface area contributed by atoms with Gasteiger partial charge in [0.2, 0.25) is 0 Å². The maximum absolute atomic E-state index is 11.0. The molecule has 0 saturated carbocycles. The number of benzene rings is 1. The first-order valence-corrected chi connectivity index (χ1v) is 6.80. The highest BCUT2D eigenvalue weighted by atomic mass is 16.5. The van der Waals surface area contributed by atoms with E-state index in [1.54, 1.807) is 13.8 Å². The van der Waals surface area contributed by atoms with Crippen LogP contribution in [-0.4, -0.2) is 30.8 Å². The molecule has 2 rings (SSSR count). The number of nitrogens with one attached hydrogen (secondary N) is 1. The standard InChI is InChI=1S/C15H21NO4/c1-4-16-12-8-19-13-7-10(5-6-11(12)13)20-9-15(2,3)14(17)18/h5-7,12,16H,4,8-9H2,1-3H3,(H,17,18). The smallest absolute Gasteiger partial charge is 0.312 e. The highest BCUT2D eigenvalue weighted by Gasteiger charge is 2.29. The summed E-state index contributed by atoms with van der Waals surface area (Å²) in [6, 6.07) is 5.87. The zero-order chi connectivity index (χ0) is 14.8. The maximum atomic E-state index is 11.0. The number of likely N-dealkylation sites (N-methyl/N-ethyl adjacent to an activating group) is 1. The van der Waals surface area contributed by atoms with E-state index in [-0.39, 0.29) is 12.6 Å². The number of hydrogen-bond donors (Lipinski definition) is 2. The van der Waals surface area contributed by atoms with Crippen LogP contribution >= 0.6 is 0 Å². The van der Waals surface area contributed by atoms with Crippen LogP contribution in [0.3, 0.4) is 0 Å². The molecular formula is C15H21NO4. The number of aliphatic carboxylic acids is 1. The maximum Gasteiger partial charge on any atom is 0.312 e. The molecule has 0 amide bonds. The summed E-state index contributed by atoms with van der Waals surface area (Å²) >= 11 is 0. The number of hydrogen-bond acceptors (Lipinski definition) is 4. The molecule has 1 atom stereocenters. The minimum atomic E-state index is -0.911. The Morgan fingerprint density at radius 1 is 1.55 bits per heavy atom. The Morgan fingerprint density at radius 2 is 2.30 bits per heavy atom. The summed E-state index contributed by atoms with van der Waals surface area (Å²) in [5.74, 6) is 0.568. The average Bonchev–Trinajstić information content (AvgIpc) is 2.79. The fourth-order valence-electron chi connectivity index (χ4n) is 2.02. The van der Waals surface area contributed by atoms with E-state index in [9.17, 15) is 4.79 Å². The highest BCUT2D eigenvalue weighted by Crippen LogP contribution is 2.35. The van der Waals surface area contributed by atoms with Crippen LogP contribution in [0.2, 0.25) is 0 Å². The van der Waals surface area contributed by atoms with Gasteiger partial charge in [0.15, 0.2) is 0 Å². The Balaban J connectivity index is 2.04. The van der Waals surface area contributed by atoms with E-state index < -0.39 is 11.4 Å². The SMILES string of the molecule is CCNC1COc2cc(OCC(C)(C)C(=O)O)ccc21. The van der Waals surface area contributed by atoms with E-state index in [0.29, 0.717) is 12.4 Å². The molecule has 1 heterocycles. The number of fused-ring (bicyclic) bond motifs is 1. The fourth-order valence-corrected chi connectivity index (χ4v) is 2.02. The lowest BCUT2D eigenvalue weighted by Gasteiger charge is -2.19. The third-order valence-electron chi connectivity index (χ3n) is 3.40. The molecule has 0 bridgehead atoms. The van der Waals surface area contributed by atoms with Crippen molar-refractivity contribution in [2.75, 3.05) is 19.8 Å². The molecule has 110 valence electrons. The molecule has 20 heavy (non-hydrogen) atoms. The second-order valence-corrected chi connectivity index (χ2v) is 5.60. The van der Waals surface area contributed by atoms with Crippen molar-refractivity contribution < 1.29 is 19.4 Å². The first kappa shape index (κ1) is 14.7. The zero-order valence-electron chi connectivity index (χ0n) is 12.1. The quantitative estimate of drug-likeness (QED) is 0.835. The van der Waals surface area contributed by atoms with Crippen LogP contribution in [0.25, 0.3) is 0 Å². The van der Waals surface area contributed by atoms with Crippen molar-refractivity contribution in [3.05, 3.63) is 23.8 Å². The lowest BCUT2D eigenvalue weighted by atomic mass is 9.95. The van der Waals surface area contributed by atoms with Gasteiger partial charge in [-0.05, 0) is 32.5 Å². The van der Waals surface area contributed by atoms with Crippen LogP contribution in [0.15, 0.2) is 18.2 Å². The molecule has 0 fully saturated rings. The molecule has 1 aromatic rings. The van der Waals surface area contributed by atoms with Gasteiger partial charge in [-0.25, -0.2) is 0 Å². The number of ether oxygens (including phenoxy) is 2. The van der Waals surface area contributed by atoms with Crippen LogP contribution in [0.5, 0.6) is 11.5 Å². The molecule has 1 aliphatic rings. The van der Waals surface area contributed by atoms with Gasteiger partial charge in [0, 0.05) is 11.6 Å². The topological polar surface area (TPSA) is 67.8 Å². The third kappa shape index (κ3) is 3.04. The Kier molecular flexibility index (Phi) is 4.18. The van der Waals surface area contributed by atoms with Gasteiger partial charge < -0.3 is 19.9 Å². The Bertz CT molecular complexity index is 499. The molecule has 5 nitrogen and oxygen atoms in total. The monoisotopic (exact) mass is 279 g/mol. The summed E-state index contributed by atoms with van der Waals surface area (Å²) in [6.45, 7) is 6.97. The largest absolute Gasteiger partial charge is 0.492 e. The van der Waals surface area contributed by atoms with Crippen LogP contribution < -0.4 is 14.8 Å². The van der Waals surface area contributed by atoms with Gasteiger partial charge in [0.25, 0.3) is 0 Å². The van der Waals surface area contributed by atoms with E-state index >= 15 is 0 Å². The van der Waals surface area contributed by atoms with Crippen LogP contribution in [0, 0.1) is 5.41 Å². The molecule has 0 radical (unpaired) electrons. The molecule has 0 aromatic heterocycles.